The van der Waals surface area contributed by atoms with Crippen LogP contribution in [0, 0.1) is 5.92 Å². The lowest BCUT2D eigenvalue weighted by Gasteiger charge is -2.15. The molecule has 1 rings (SSSR count). The van der Waals surface area contributed by atoms with Crippen molar-refractivity contribution in [3.8, 4) is 0 Å². The molecular weight excluding hydrogens is 228 g/mol. The summed E-state index contributed by atoms with van der Waals surface area (Å²) in [5.41, 5.74) is 0. The van der Waals surface area contributed by atoms with Crippen LogP contribution in [0.4, 0.5) is 0 Å². The number of carbonyl (C=O) groups is 1. The molecule has 3 N–H and O–H groups in total. The van der Waals surface area contributed by atoms with Crippen LogP contribution in [0.1, 0.15) is 51.9 Å². The van der Waals surface area contributed by atoms with Gasteiger partial charge in [-0.15, -0.1) is 0 Å². The van der Waals surface area contributed by atoms with Crippen LogP contribution in [-0.2, 0) is 4.79 Å². The number of hydrogen-bond acceptors (Lipinski definition) is 3. The van der Waals surface area contributed by atoms with E-state index in [9.17, 15) is 9.90 Å². The number of carbonyl (C=O) groups excluding carboxylic acids is 1. The summed E-state index contributed by atoms with van der Waals surface area (Å²) in [6, 6.07) is 0. The molecule has 1 aliphatic rings. The van der Waals surface area contributed by atoms with Gasteiger partial charge in [0.25, 0.3) is 0 Å². The van der Waals surface area contributed by atoms with E-state index in [4.69, 9.17) is 0 Å². The Bertz CT molecular complexity index is 228. The molecule has 106 valence electrons. The van der Waals surface area contributed by atoms with Gasteiger partial charge >= 0.3 is 0 Å². The van der Waals surface area contributed by atoms with E-state index in [1.165, 1.54) is 25.7 Å². The molecule has 4 heteroatoms. The molecular formula is C14H28N2O2. The minimum absolute atomic E-state index is 0.0923. The topological polar surface area (TPSA) is 61.4 Å². The van der Waals surface area contributed by atoms with Gasteiger partial charge in [0.15, 0.2) is 0 Å². The molecule has 1 atom stereocenters. The van der Waals surface area contributed by atoms with Gasteiger partial charge in [0.1, 0.15) is 0 Å². The molecule has 0 radical (unpaired) electrons. The lowest BCUT2D eigenvalue weighted by atomic mass is 10.0. The first-order valence-corrected chi connectivity index (χ1v) is 7.37. The van der Waals surface area contributed by atoms with Crippen molar-refractivity contribution in [2.75, 3.05) is 19.6 Å². The Hall–Kier alpha value is -0.610. The van der Waals surface area contributed by atoms with Crippen molar-refractivity contribution in [3.63, 3.8) is 0 Å². The van der Waals surface area contributed by atoms with Crippen LogP contribution in [0.2, 0.25) is 0 Å². The van der Waals surface area contributed by atoms with Crippen LogP contribution >= 0.6 is 0 Å². The maximum absolute atomic E-state index is 11.3. The van der Waals surface area contributed by atoms with E-state index in [0.29, 0.717) is 19.5 Å². The highest BCUT2D eigenvalue weighted by atomic mass is 16.3. The lowest BCUT2D eigenvalue weighted by molar-refractivity contribution is -0.121. The largest absolute Gasteiger partial charge is 0.392 e. The molecule has 1 aliphatic carbocycles. The Morgan fingerprint density at radius 1 is 1.33 bits per heavy atom. The maximum Gasteiger partial charge on any atom is 0.221 e. The molecule has 0 aromatic heterocycles. The van der Waals surface area contributed by atoms with Crippen LogP contribution in [0.25, 0.3) is 0 Å². The minimum Gasteiger partial charge on any atom is -0.392 e. The SMILES string of the molecule is CCCNC(=O)CCNCC(O)CC1CCCC1. The van der Waals surface area contributed by atoms with Gasteiger partial charge in [0.2, 0.25) is 5.91 Å². The molecule has 4 nitrogen and oxygen atoms in total. The van der Waals surface area contributed by atoms with E-state index in [1.54, 1.807) is 0 Å². The summed E-state index contributed by atoms with van der Waals surface area (Å²) in [5.74, 6) is 0.810. The second-order valence-electron chi connectivity index (χ2n) is 5.34. The Labute approximate surface area is 111 Å². The number of amides is 1. The quantitative estimate of drug-likeness (QED) is 0.547. The molecule has 0 aromatic carbocycles. The molecule has 0 saturated heterocycles. The molecule has 1 saturated carbocycles. The van der Waals surface area contributed by atoms with Gasteiger partial charge in [-0.25, -0.2) is 0 Å². The second-order valence-corrected chi connectivity index (χ2v) is 5.34. The summed E-state index contributed by atoms with van der Waals surface area (Å²) in [4.78, 5) is 11.3. The third kappa shape index (κ3) is 6.97. The lowest BCUT2D eigenvalue weighted by Crippen LogP contribution is -2.32. The Balaban J connectivity index is 1.94. The van der Waals surface area contributed by atoms with Gasteiger partial charge in [-0.3, -0.25) is 4.79 Å². The summed E-state index contributed by atoms with van der Waals surface area (Å²) in [6.07, 6.45) is 7.31. The zero-order valence-corrected chi connectivity index (χ0v) is 11.6. The van der Waals surface area contributed by atoms with Crippen molar-refractivity contribution < 1.29 is 9.90 Å². The van der Waals surface area contributed by atoms with Gasteiger partial charge in [-0.1, -0.05) is 32.6 Å². The Morgan fingerprint density at radius 2 is 2.06 bits per heavy atom. The monoisotopic (exact) mass is 256 g/mol. The van der Waals surface area contributed by atoms with Gasteiger partial charge in [0, 0.05) is 26.1 Å². The molecule has 1 fully saturated rings. The summed E-state index contributed by atoms with van der Waals surface area (Å²) >= 11 is 0. The number of aliphatic hydroxyl groups excluding tert-OH is 1. The van der Waals surface area contributed by atoms with Crippen LogP contribution < -0.4 is 10.6 Å². The van der Waals surface area contributed by atoms with Gasteiger partial charge in [-0.2, -0.15) is 0 Å². The first kappa shape index (κ1) is 15.4. The van der Waals surface area contributed by atoms with Gasteiger partial charge in [0.05, 0.1) is 6.10 Å². The average Bonchev–Trinajstić information content (AvgIpc) is 2.85. The summed E-state index contributed by atoms with van der Waals surface area (Å²) in [5, 5.41) is 15.8. The highest BCUT2D eigenvalue weighted by Gasteiger charge is 2.18. The smallest absolute Gasteiger partial charge is 0.221 e. The fourth-order valence-corrected chi connectivity index (χ4v) is 2.54. The first-order chi connectivity index (χ1) is 8.72. The number of aliphatic hydroxyl groups is 1. The molecule has 1 unspecified atom stereocenters. The molecule has 1 amide bonds. The average molecular weight is 256 g/mol. The van der Waals surface area contributed by atoms with Crippen LogP contribution in [-0.4, -0.2) is 36.8 Å². The highest BCUT2D eigenvalue weighted by molar-refractivity contribution is 5.75. The predicted octanol–water partition coefficient (Wildman–Crippen LogP) is 1.43. The summed E-state index contributed by atoms with van der Waals surface area (Å²) in [6.45, 7) is 4.05. The number of rotatable bonds is 9. The number of nitrogens with one attached hydrogen (secondary N) is 2. The third-order valence-electron chi connectivity index (χ3n) is 3.56. The van der Waals surface area contributed by atoms with E-state index in [1.807, 2.05) is 6.92 Å². The highest BCUT2D eigenvalue weighted by Crippen LogP contribution is 2.28. The fourth-order valence-electron chi connectivity index (χ4n) is 2.54. The molecule has 18 heavy (non-hydrogen) atoms. The second kappa shape index (κ2) is 9.34. The maximum atomic E-state index is 11.3. The van der Waals surface area contributed by atoms with Crippen molar-refractivity contribution >= 4 is 5.91 Å². The van der Waals surface area contributed by atoms with Crippen LogP contribution in [0.5, 0.6) is 0 Å². The normalized spacial score (nSPS) is 17.9. The van der Waals surface area contributed by atoms with E-state index in [0.717, 1.165) is 25.3 Å². The molecule has 0 aromatic rings. The summed E-state index contributed by atoms with van der Waals surface area (Å²) < 4.78 is 0. The van der Waals surface area contributed by atoms with Crippen molar-refractivity contribution in [3.05, 3.63) is 0 Å². The van der Waals surface area contributed by atoms with E-state index < -0.39 is 0 Å². The van der Waals surface area contributed by atoms with Crippen LogP contribution in [0.3, 0.4) is 0 Å². The third-order valence-corrected chi connectivity index (χ3v) is 3.56. The van der Waals surface area contributed by atoms with Gasteiger partial charge in [-0.05, 0) is 18.8 Å². The van der Waals surface area contributed by atoms with Crippen molar-refractivity contribution in [2.45, 2.75) is 58.0 Å². The van der Waals surface area contributed by atoms with Crippen molar-refractivity contribution in [2.24, 2.45) is 5.92 Å². The van der Waals surface area contributed by atoms with Crippen LogP contribution in [0.15, 0.2) is 0 Å². The van der Waals surface area contributed by atoms with Crippen molar-refractivity contribution in [1.29, 1.82) is 0 Å². The zero-order chi connectivity index (χ0) is 13.2. The Kier molecular flexibility index (Phi) is 8.01. The van der Waals surface area contributed by atoms with E-state index in [2.05, 4.69) is 10.6 Å². The molecule has 0 bridgehead atoms. The first-order valence-electron chi connectivity index (χ1n) is 7.37. The Morgan fingerprint density at radius 3 is 2.72 bits per heavy atom. The standard InChI is InChI=1S/C14H28N2O2/c1-2-8-16-14(18)7-9-15-11-13(17)10-12-5-3-4-6-12/h12-13,15,17H,2-11H2,1H3,(H,16,18). The fraction of sp³-hybridized carbons (Fsp3) is 0.929. The van der Waals surface area contributed by atoms with Crippen molar-refractivity contribution in [1.82, 2.24) is 10.6 Å². The minimum atomic E-state index is -0.258. The number of hydrogen-bond donors (Lipinski definition) is 3. The van der Waals surface area contributed by atoms with Gasteiger partial charge < -0.3 is 15.7 Å². The van der Waals surface area contributed by atoms with E-state index in [-0.39, 0.29) is 12.0 Å². The summed E-state index contributed by atoms with van der Waals surface area (Å²) in [7, 11) is 0. The van der Waals surface area contributed by atoms with E-state index >= 15 is 0 Å². The zero-order valence-electron chi connectivity index (χ0n) is 11.6. The molecule has 0 aliphatic heterocycles. The molecule has 0 heterocycles. The molecule has 0 spiro atoms. The predicted molar refractivity (Wildman–Crippen MR) is 73.4 cm³/mol.